The van der Waals surface area contributed by atoms with Crippen LogP contribution in [0.15, 0.2) is 34.5 Å². The third-order valence-corrected chi connectivity index (χ3v) is 7.43. The Bertz CT molecular complexity index is 1050. The summed E-state index contributed by atoms with van der Waals surface area (Å²) in [6.07, 6.45) is 1.68. The number of nitrogens with one attached hydrogen (secondary N) is 2. The average molecular weight is 497 g/mol. The summed E-state index contributed by atoms with van der Waals surface area (Å²) in [7, 11) is -2.26. The van der Waals surface area contributed by atoms with Crippen molar-refractivity contribution in [1.82, 2.24) is 15.2 Å². The molecule has 2 aromatic rings. The van der Waals surface area contributed by atoms with Gasteiger partial charge in [-0.05, 0) is 50.5 Å². The van der Waals surface area contributed by atoms with E-state index in [0.717, 1.165) is 0 Å². The zero-order chi connectivity index (χ0) is 23.8. The lowest BCUT2D eigenvalue weighted by molar-refractivity contribution is -0.122. The van der Waals surface area contributed by atoms with Crippen molar-refractivity contribution < 1.29 is 27.5 Å². The van der Waals surface area contributed by atoms with E-state index in [4.69, 9.17) is 9.47 Å². The van der Waals surface area contributed by atoms with Gasteiger partial charge in [0.05, 0.1) is 24.3 Å². The van der Waals surface area contributed by atoms with Crippen molar-refractivity contribution in [2.24, 2.45) is 0 Å². The molecule has 12 heteroatoms. The molecule has 10 nitrogen and oxygen atoms in total. The molecule has 1 aliphatic rings. The smallest absolute Gasteiger partial charge is 0.409 e. The van der Waals surface area contributed by atoms with E-state index in [1.54, 1.807) is 29.3 Å². The number of methoxy groups -OCH3 is 1. The number of anilines is 1. The molecule has 0 unspecified atom stereocenters. The molecule has 1 aromatic heterocycles. The van der Waals surface area contributed by atoms with Crippen molar-refractivity contribution in [3.05, 3.63) is 35.3 Å². The molecule has 0 radical (unpaired) electrons. The van der Waals surface area contributed by atoms with Crippen LogP contribution in [0, 0.1) is 0 Å². The second kappa shape index (κ2) is 11.3. The van der Waals surface area contributed by atoms with Crippen LogP contribution in [0.4, 0.5) is 9.93 Å². The lowest BCUT2D eigenvalue weighted by Gasteiger charge is -2.31. The van der Waals surface area contributed by atoms with Gasteiger partial charge in [-0.15, -0.1) is 11.3 Å². The Morgan fingerprint density at radius 1 is 1.21 bits per heavy atom. The Labute approximate surface area is 197 Å². The topological polar surface area (TPSA) is 127 Å². The summed E-state index contributed by atoms with van der Waals surface area (Å²) in [6.45, 7) is 3.21. The zero-order valence-corrected chi connectivity index (χ0v) is 20.2. The number of nitrogens with zero attached hydrogens (tertiary/aromatic N) is 2. The van der Waals surface area contributed by atoms with Crippen LogP contribution in [-0.2, 0) is 26.0 Å². The number of amides is 2. The molecule has 1 saturated heterocycles. The minimum atomic E-state index is -3.76. The molecular formula is C21H28N4O6S2. The number of carbonyl (C=O) groups excluding carboxylic acids is 2. The summed E-state index contributed by atoms with van der Waals surface area (Å²) >= 11 is 1.17. The molecule has 3 rings (SSSR count). The predicted molar refractivity (Wildman–Crippen MR) is 124 cm³/mol. The highest BCUT2D eigenvalue weighted by Gasteiger charge is 2.24. The number of rotatable bonds is 9. The summed E-state index contributed by atoms with van der Waals surface area (Å²) in [5.41, 5.74) is 0.639. The quantitative estimate of drug-likeness (QED) is 0.546. The molecule has 2 amide bonds. The third kappa shape index (κ3) is 7.06. The molecule has 1 aliphatic heterocycles. The SMILES string of the molecule is CCOC(=O)N1CCC(NC(=O)CCc2csc(NS(=O)(=O)c3ccc(OC)cc3)n2)CC1. The van der Waals surface area contributed by atoms with Gasteiger partial charge in [-0.25, -0.2) is 18.2 Å². The number of benzene rings is 1. The maximum absolute atomic E-state index is 12.5. The fourth-order valence-corrected chi connectivity index (χ4v) is 5.36. The molecule has 2 heterocycles. The molecule has 0 aliphatic carbocycles. The van der Waals surface area contributed by atoms with Gasteiger partial charge in [0.1, 0.15) is 5.75 Å². The number of ether oxygens (including phenoxy) is 2. The van der Waals surface area contributed by atoms with Gasteiger partial charge in [0, 0.05) is 30.9 Å². The van der Waals surface area contributed by atoms with Crippen LogP contribution in [0.5, 0.6) is 5.75 Å². The van der Waals surface area contributed by atoms with Crippen LogP contribution >= 0.6 is 11.3 Å². The Morgan fingerprint density at radius 2 is 1.91 bits per heavy atom. The number of hydrogen-bond acceptors (Lipinski definition) is 8. The molecular weight excluding hydrogens is 468 g/mol. The van der Waals surface area contributed by atoms with Gasteiger partial charge < -0.3 is 19.7 Å². The second-order valence-corrected chi connectivity index (χ2v) is 9.99. The lowest BCUT2D eigenvalue weighted by atomic mass is 10.1. The van der Waals surface area contributed by atoms with Crippen molar-refractivity contribution in [3.8, 4) is 5.75 Å². The first-order valence-corrected chi connectivity index (χ1v) is 13.0. The van der Waals surface area contributed by atoms with Crippen LogP contribution in [0.1, 0.15) is 31.9 Å². The molecule has 2 N–H and O–H groups in total. The molecule has 0 saturated carbocycles. The minimum absolute atomic E-state index is 0.0190. The Balaban J connectivity index is 1.44. The maximum atomic E-state index is 12.5. The van der Waals surface area contributed by atoms with Crippen LogP contribution < -0.4 is 14.8 Å². The van der Waals surface area contributed by atoms with Crippen molar-refractivity contribution in [3.63, 3.8) is 0 Å². The Hall–Kier alpha value is -2.86. The number of hydrogen-bond donors (Lipinski definition) is 2. The van der Waals surface area contributed by atoms with E-state index in [-0.39, 0.29) is 34.5 Å². The van der Waals surface area contributed by atoms with Gasteiger partial charge in [0.15, 0.2) is 5.13 Å². The van der Waals surface area contributed by atoms with Crippen LogP contribution in [0.2, 0.25) is 0 Å². The van der Waals surface area contributed by atoms with Crippen LogP contribution in [0.25, 0.3) is 0 Å². The number of carbonyl (C=O) groups is 2. The van der Waals surface area contributed by atoms with Crippen LogP contribution in [-0.4, -0.2) is 63.2 Å². The van der Waals surface area contributed by atoms with E-state index in [2.05, 4.69) is 15.0 Å². The van der Waals surface area contributed by atoms with Gasteiger partial charge in [0.25, 0.3) is 10.0 Å². The zero-order valence-electron chi connectivity index (χ0n) is 18.6. The normalized spacial score (nSPS) is 14.5. The number of thiazole rings is 1. The second-order valence-electron chi connectivity index (χ2n) is 7.45. The molecule has 0 bridgehead atoms. The number of piperidine rings is 1. The first-order valence-electron chi connectivity index (χ1n) is 10.6. The van der Waals surface area contributed by atoms with Crippen molar-refractivity contribution in [2.75, 3.05) is 31.5 Å². The molecule has 1 fully saturated rings. The van der Waals surface area contributed by atoms with E-state index in [0.29, 0.717) is 50.4 Å². The number of likely N-dealkylation sites (tertiary alicyclic amines) is 1. The molecule has 180 valence electrons. The lowest BCUT2D eigenvalue weighted by Crippen LogP contribution is -2.46. The van der Waals surface area contributed by atoms with Gasteiger partial charge in [-0.2, -0.15) is 0 Å². The fraction of sp³-hybridized carbons (Fsp3) is 0.476. The van der Waals surface area contributed by atoms with E-state index in [1.807, 2.05) is 0 Å². The molecule has 0 atom stereocenters. The first kappa shape index (κ1) is 24.8. The highest BCUT2D eigenvalue weighted by molar-refractivity contribution is 7.93. The molecule has 1 aromatic carbocycles. The standard InChI is InChI=1S/C21H28N4O6S2/c1-3-31-21(27)25-12-10-15(11-13-25)22-19(26)9-4-16-14-32-20(23-16)24-33(28,29)18-7-5-17(30-2)6-8-18/h5-8,14-15H,3-4,9-13H2,1-2H3,(H,22,26)(H,23,24). The van der Waals surface area contributed by atoms with Crippen LogP contribution in [0.3, 0.4) is 0 Å². The van der Waals surface area contributed by atoms with E-state index >= 15 is 0 Å². The highest BCUT2D eigenvalue weighted by Crippen LogP contribution is 2.22. The number of sulfonamides is 1. The van der Waals surface area contributed by atoms with Gasteiger partial charge in [0.2, 0.25) is 5.91 Å². The minimum Gasteiger partial charge on any atom is -0.497 e. The van der Waals surface area contributed by atoms with E-state index in [1.165, 1.54) is 30.6 Å². The third-order valence-electron chi connectivity index (χ3n) is 5.14. The summed E-state index contributed by atoms with van der Waals surface area (Å²) < 4.78 is 37.5. The first-order chi connectivity index (χ1) is 15.8. The summed E-state index contributed by atoms with van der Waals surface area (Å²) in [6, 6.07) is 6.07. The van der Waals surface area contributed by atoms with Crippen molar-refractivity contribution in [1.29, 1.82) is 0 Å². The summed E-state index contributed by atoms with van der Waals surface area (Å²) in [5.74, 6) is 0.464. The molecule has 33 heavy (non-hydrogen) atoms. The Kier molecular flexibility index (Phi) is 8.50. The van der Waals surface area contributed by atoms with Gasteiger partial charge in [-0.1, -0.05) is 0 Å². The maximum Gasteiger partial charge on any atom is 0.409 e. The molecule has 0 spiro atoms. The summed E-state index contributed by atoms with van der Waals surface area (Å²) in [4.78, 5) is 30.1. The largest absolute Gasteiger partial charge is 0.497 e. The van der Waals surface area contributed by atoms with E-state index in [9.17, 15) is 18.0 Å². The average Bonchev–Trinajstić information content (AvgIpc) is 3.25. The van der Waals surface area contributed by atoms with Crippen molar-refractivity contribution >= 4 is 38.5 Å². The van der Waals surface area contributed by atoms with E-state index < -0.39 is 10.0 Å². The number of aryl methyl sites for hydroxylation is 1. The highest BCUT2D eigenvalue weighted by atomic mass is 32.2. The van der Waals surface area contributed by atoms with Crippen molar-refractivity contribution in [2.45, 2.75) is 43.5 Å². The van der Waals surface area contributed by atoms with Gasteiger partial charge in [-0.3, -0.25) is 9.52 Å². The summed E-state index contributed by atoms with van der Waals surface area (Å²) in [5, 5.41) is 4.97. The van der Waals surface area contributed by atoms with Gasteiger partial charge >= 0.3 is 6.09 Å². The fourth-order valence-electron chi connectivity index (χ4n) is 3.36. The predicted octanol–water partition coefficient (Wildman–Crippen LogP) is 2.62. The number of aromatic nitrogens is 1. The Morgan fingerprint density at radius 3 is 2.55 bits per heavy atom. The monoisotopic (exact) mass is 496 g/mol.